The summed E-state index contributed by atoms with van der Waals surface area (Å²) in [6.07, 6.45) is 17.3. The summed E-state index contributed by atoms with van der Waals surface area (Å²) >= 11 is 12.4. The van der Waals surface area contributed by atoms with Gasteiger partial charge in [-0.15, -0.1) is 11.6 Å². The maximum absolute atomic E-state index is 13.4. The molecule has 0 fully saturated rings. The number of benzene rings is 1. The fourth-order valence-corrected chi connectivity index (χ4v) is 6.75. The maximum Gasteiger partial charge on any atom is 0.221 e. The Hall–Kier alpha value is -1.15. The average molecular weight is 592 g/mol. The van der Waals surface area contributed by atoms with E-state index in [0.29, 0.717) is 6.54 Å². The van der Waals surface area contributed by atoms with E-state index in [1.54, 1.807) is 12.1 Å². The number of Topliss-reactive ketones (excluding diaryl/α,β-unsaturated/α-hetero) is 1. The number of alkyl halides is 1. The summed E-state index contributed by atoms with van der Waals surface area (Å²) in [7, 11) is -3.76. The van der Waals surface area contributed by atoms with E-state index in [0.717, 1.165) is 19.3 Å². The Bertz CT molecular complexity index is 956. The number of nitrogens with one attached hydrogen (secondary N) is 2. The standard InChI is InChI=1S/C29H48Cl2N2O4S/c1-4-5-6-7-8-9-10-11-12-13-14-15-16-17-21-32-38(36,37)23-29(3,22-30)28(35)27-25(31)19-18-20-26(27)33-24(2)34/h18-20,32H,4-17,21-23H2,1-3H3,(H,33,34). The van der Waals surface area contributed by atoms with E-state index < -0.39 is 27.0 Å². The van der Waals surface area contributed by atoms with Crippen molar-refractivity contribution in [3.8, 4) is 0 Å². The third-order valence-corrected chi connectivity index (χ3v) is 9.32. The Morgan fingerprint density at radius 2 is 1.37 bits per heavy atom. The summed E-state index contributed by atoms with van der Waals surface area (Å²) < 4.78 is 28.2. The molecule has 0 saturated heterocycles. The van der Waals surface area contributed by atoms with E-state index in [-0.39, 0.29) is 28.1 Å². The molecule has 0 radical (unpaired) electrons. The zero-order valence-electron chi connectivity index (χ0n) is 23.6. The molecular formula is C29H48Cl2N2O4S. The third kappa shape index (κ3) is 13.8. The topological polar surface area (TPSA) is 92.3 Å². The van der Waals surface area contributed by atoms with E-state index >= 15 is 0 Å². The molecule has 0 heterocycles. The van der Waals surface area contributed by atoms with Gasteiger partial charge in [0.15, 0.2) is 5.78 Å². The minimum Gasteiger partial charge on any atom is -0.326 e. The summed E-state index contributed by atoms with van der Waals surface area (Å²) in [5, 5.41) is 2.72. The van der Waals surface area contributed by atoms with Crippen LogP contribution >= 0.6 is 23.2 Å². The highest BCUT2D eigenvalue weighted by atomic mass is 35.5. The van der Waals surface area contributed by atoms with E-state index in [1.165, 1.54) is 90.5 Å². The highest BCUT2D eigenvalue weighted by molar-refractivity contribution is 7.89. The van der Waals surface area contributed by atoms with Crippen molar-refractivity contribution in [2.45, 2.75) is 111 Å². The summed E-state index contributed by atoms with van der Waals surface area (Å²) in [5.74, 6) is -1.57. The lowest BCUT2D eigenvalue weighted by molar-refractivity contribution is -0.114. The van der Waals surface area contributed by atoms with E-state index in [2.05, 4.69) is 17.0 Å². The number of unbranched alkanes of at least 4 members (excludes halogenated alkanes) is 13. The van der Waals surface area contributed by atoms with Crippen molar-refractivity contribution >= 4 is 50.6 Å². The number of ketones is 1. The molecule has 0 spiro atoms. The summed E-state index contributed by atoms with van der Waals surface area (Å²) in [5.41, 5.74) is -1.12. The van der Waals surface area contributed by atoms with Crippen molar-refractivity contribution in [1.82, 2.24) is 4.72 Å². The Kier molecular flexibility index (Phi) is 17.5. The van der Waals surface area contributed by atoms with Crippen molar-refractivity contribution in [3.63, 3.8) is 0 Å². The van der Waals surface area contributed by atoms with Gasteiger partial charge in [-0.3, -0.25) is 9.59 Å². The van der Waals surface area contributed by atoms with Gasteiger partial charge in [-0.25, -0.2) is 13.1 Å². The number of hydrogen-bond donors (Lipinski definition) is 2. The largest absolute Gasteiger partial charge is 0.326 e. The number of hydrogen-bond acceptors (Lipinski definition) is 4. The molecule has 218 valence electrons. The molecule has 0 aliphatic rings. The molecule has 1 aromatic carbocycles. The number of carbonyl (C=O) groups is 2. The second-order valence-corrected chi connectivity index (χ2v) is 13.1. The predicted molar refractivity (Wildman–Crippen MR) is 161 cm³/mol. The van der Waals surface area contributed by atoms with Gasteiger partial charge in [0, 0.05) is 19.3 Å². The van der Waals surface area contributed by atoms with Crippen LogP contribution in [0.1, 0.15) is 121 Å². The number of amides is 1. The van der Waals surface area contributed by atoms with Gasteiger partial charge in [-0.2, -0.15) is 0 Å². The first-order valence-corrected chi connectivity index (χ1v) is 16.8. The summed E-state index contributed by atoms with van der Waals surface area (Å²) in [6, 6.07) is 4.69. The number of rotatable bonds is 22. The Morgan fingerprint density at radius 1 is 0.868 bits per heavy atom. The third-order valence-electron chi connectivity index (χ3n) is 6.76. The van der Waals surface area contributed by atoms with Gasteiger partial charge < -0.3 is 5.32 Å². The van der Waals surface area contributed by atoms with Gasteiger partial charge in [-0.1, -0.05) is 115 Å². The molecule has 0 bridgehead atoms. The van der Waals surface area contributed by atoms with Crippen LogP contribution in [-0.2, 0) is 14.8 Å². The minimum absolute atomic E-state index is 0.0645. The van der Waals surface area contributed by atoms with Gasteiger partial charge in [0.2, 0.25) is 15.9 Å². The summed E-state index contributed by atoms with van der Waals surface area (Å²) in [4.78, 5) is 25.0. The zero-order valence-corrected chi connectivity index (χ0v) is 25.9. The van der Waals surface area contributed by atoms with Crippen LogP contribution in [0.3, 0.4) is 0 Å². The van der Waals surface area contributed by atoms with Gasteiger partial charge in [0.05, 0.1) is 27.4 Å². The average Bonchev–Trinajstić information content (AvgIpc) is 2.85. The molecule has 38 heavy (non-hydrogen) atoms. The Labute approximate surface area is 241 Å². The number of carbonyl (C=O) groups excluding carboxylic acids is 2. The second kappa shape index (κ2) is 19.0. The molecule has 0 aromatic heterocycles. The molecule has 1 rings (SSSR count). The lowest BCUT2D eigenvalue weighted by atomic mass is 9.85. The molecular weight excluding hydrogens is 543 g/mol. The first kappa shape index (κ1) is 34.9. The van der Waals surface area contributed by atoms with Crippen LogP contribution in [0.15, 0.2) is 18.2 Å². The van der Waals surface area contributed by atoms with Crippen LogP contribution in [0, 0.1) is 5.41 Å². The van der Waals surface area contributed by atoms with Crippen LogP contribution in [0.25, 0.3) is 0 Å². The number of halogens is 2. The zero-order chi connectivity index (χ0) is 28.4. The Balaban J connectivity index is 2.39. The van der Waals surface area contributed by atoms with Gasteiger partial charge in [-0.05, 0) is 18.6 Å². The molecule has 1 aromatic rings. The van der Waals surface area contributed by atoms with Crippen LogP contribution in [-0.4, -0.2) is 38.3 Å². The van der Waals surface area contributed by atoms with Gasteiger partial charge in [0.25, 0.3) is 0 Å². The van der Waals surface area contributed by atoms with Crippen LogP contribution < -0.4 is 10.0 Å². The van der Waals surface area contributed by atoms with Crippen LogP contribution in [0.4, 0.5) is 5.69 Å². The normalized spacial score (nSPS) is 13.3. The highest BCUT2D eigenvalue weighted by Gasteiger charge is 2.39. The maximum atomic E-state index is 13.4. The molecule has 0 saturated carbocycles. The van der Waals surface area contributed by atoms with Crippen molar-refractivity contribution in [2.24, 2.45) is 5.41 Å². The molecule has 0 aliphatic carbocycles. The lowest BCUT2D eigenvalue weighted by Crippen LogP contribution is -2.42. The first-order valence-electron chi connectivity index (χ1n) is 14.2. The molecule has 2 N–H and O–H groups in total. The molecule has 1 unspecified atom stereocenters. The molecule has 0 aliphatic heterocycles. The van der Waals surface area contributed by atoms with Crippen LogP contribution in [0.2, 0.25) is 5.02 Å². The van der Waals surface area contributed by atoms with Gasteiger partial charge >= 0.3 is 0 Å². The van der Waals surface area contributed by atoms with E-state index in [9.17, 15) is 18.0 Å². The molecule has 1 amide bonds. The van der Waals surface area contributed by atoms with Crippen LogP contribution in [0.5, 0.6) is 0 Å². The SMILES string of the molecule is CCCCCCCCCCCCCCCCNS(=O)(=O)CC(C)(CCl)C(=O)c1c(Cl)cccc1NC(C)=O. The Morgan fingerprint density at radius 3 is 1.84 bits per heavy atom. The summed E-state index contributed by atoms with van der Waals surface area (Å²) in [6.45, 7) is 5.41. The molecule has 9 heteroatoms. The van der Waals surface area contributed by atoms with Crippen molar-refractivity contribution < 1.29 is 18.0 Å². The monoisotopic (exact) mass is 590 g/mol. The highest BCUT2D eigenvalue weighted by Crippen LogP contribution is 2.34. The first-order chi connectivity index (χ1) is 18.1. The molecule has 1 atom stereocenters. The van der Waals surface area contributed by atoms with E-state index in [1.807, 2.05) is 0 Å². The van der Waals surface area contributed by atoms with Crippen molar-refractivity contribution in [2.75, 3.05) is 23.5 Å². The van der Waals surface area contributed by atoms with Crippen molar-refractivity contribution in [1.29, 1.82) is 0 Å². The minimum atomic E-state index is -3.76. The fourth-order valence-electron chi connectivity index (χ4n) is 4.53. The second-order valence-electron chi connectivity index (χ2n) is 10.6. The lowest BCUT2D eigenvalue weighted by Gasteiger charge is -2.27. The van der Waals surface area contributed by atoms with Gasteiger partial charge in [0.1, 0.15) is 0 Å². The predicted octanol–water partition coefficient (Wildman–Crippen LogP) is 8.13. The number of sulfonamides is 1. The van der Waals surface area contributed by atoms with E-state index in [4.69, 9.17) is 23.2 Å². The molecule has 6 nitrogen and oxygen atoms in total. The number of anilines is 1. The van der Waals surface area contributed by atoms with Crippen molar-refractivity contribution in [3.05, 3.63) is 28.8 Å². The fraction of sp³-hybridized carbons (Fsp3) is 0.724. The smallest absolute Gasteiger partial charge is 0.221 e. The quantitative estimate of drug-likeness (QED) is 0.0809.